The molecule has 0 radical (unpaired) electrons. The van der Waals surface area contributed by atoms with E-state index < -0.39 is 0 Å². The van der Waals surface area contributed by atoms with Gasteiger partial charge in [-0.15, -0.1) is 28.1 Å². The Morgan fingerprint density at radius 1 is 1.30 bits per heavy atom. The van der Waals surface area contributed by atoms with E-state index in [0.29, 0.717) is 12.3 Å². The van der Waals surface area contributed by atoms with Crippen molar-refractivity contribution in [3.63, 3.8) is 0 Å². The maximum atomic E-state index is 13.2. The molecule has 1 atom stereocenters. The van der Waals surface area contributed by atoms with Crippen LogP contribution in [0.2, 0.25) is 0 Å². The van der Waals surface area contributed by atoms with Crippen molar-refractivity contribution in [2.45, 2.75) is 26.1 Å². The number of aromatic nitrogens is 4. The summed E-state index contributed by atoms with van der Waals surface area (Å²) in [6.07, 6.45) is 4.36. The van der Waals surface area contributed by atoms with Gasteiger partial charge in [0, 0.05) is 18.5 Å². The Labute approximate surface area is 160 Å². The van der Waals surface area contributed by atoms with Gasteiger partial charge in [0.05, 0.1) is 16.8 Å². The smallest absolute Gasteiger partial charge is 0.264 e. The van der Waals surface area contributed by atoms with Crippen LogP contribution in [0.15, 0.2) is 54.1 Å². The Balaban J connectivity index is 1.61. The van der Waals surface area contributed by atoms with Gasteiger partial charge in [0.2, 0.25) is 5.78 Å². The summed E-state index contributed by atoms with van der Waals surface area (Å²) in [5, 5.41) is 9.02. The van der Waals surface area contributed by atoms with E-state index in [0.717, 1.165) is 36.3 Å². The van der Waals surface area contributed by atoms with Gasteiger partial charge < -0.3 is 4.90 Å². The summed E-state index contributed by atoms with van der Waals surface area (Å²) in [5.74, 6) is 0.583. The fourth-order valence-electron chi connectivity index (χ4n) is 4.02. The molecule has 3 aromatic heterocycles. The van der Waals surface area contributed by atoms with Crippen molar-refractivity contribution in [1.82, 2.24) is 19.2 Å². The minimum absolute atomic E-state index is 0.0226. The zero-order valence-electron chi connectivity index (χ0n) is 14.9. The monoisotopic (exact) mass is 378 g/mol. The van der Waals surface area contributed by atoms with Crippen LogP contribution in [-0.2, 0) is 26.1 Å². The molecule has 4 aromatic rings. The zero-order valence-corrected chi connectivity index (χ0v) is 15.7. The highest BCUT2D eigenvalue weighted by molar-refractivity contribution is 7.18. The molecule has 1 aromatic carbocycles. The standard InChI is InChI=1S/C20H19N5OS/c1-2-9-24-18(26)17-15-8-10-23(11-14-6-4-3-5-7-14)12-16(15)27-19(17)25-13-21-22-20(24)25/h2-7,13H,1,8-12H2/p+1. The Morgan fingerprint density at radius 2 is 2.15 bits per heavy atom. The van der Waals surface area contributed by atoms with Gasteiger partial charge in [0.15, 0.2) is 0 Å². The van der Waals surface area contributed by atoms with E-state index in [9.17, 15) is 4.79 Å². The quantitative estimate of drug-likeness (QED) is 0.547. The van der Waals surface area contributed by atoms with Gasteiger partial charge >= 0.3 is 0 Å². The molecule has 1 aliphatic rings. The number of fused-ring (bicyclic) bond motifs is 5. The molecular formula is C20H20N5OS+. The number of nitrogens with one attached hydrogen (secondary N) is 1. The second kappa shape index (κ2) is 6.44. The van der Waals surface area contributed by atoms with Gasteiger partial charge in [-0.1, -0.05) is 36.4 Å². The average molecular weight is 378 g/mol. The molecule has 1 aliphatic heterocycles. The van der Waals surface area contributed by atoms with E-state index in [4.69, 9.17) is 0 Å². The number of rotatable bonds is 4. The summed E-state index contributed by atoms with van der Waals surface area (Å²) >= 11 is 1.71. The molecule has 6 nitrogen and oxygen atoms in total. The number of allylic oxidation sites excluding steroid dienone is 1. The summed E-state index contributed by atoms with van der Waals surface area (Å²) in [6, 6.07) is 10.6. The molecule has 0 fully saturated rings. The van der Waals surface area contributed by atoms with Crippen LogP contribution in [0.5, 0.6) is 0 Å². The summed E-state index contributed by atoms with van der Waals surface area (Å²) in [5.41, 5.74) is 2.59. The lowest BCUT2D eigenvalue weighted by atomic mass is 10.0. The number of hydrogen-bond donors (Lipinski definition) is 1. The molecule has 1 unspecified atom stereocenters. The second-order valence-corrected chi connectivity index (χ2v) is 8.06. The molecule has 0 saturated heterocycles. The van der Waals surface area contributed by atoms with Crippen LogP contribution in [0.1, 0.15) is 16.0 Å². The summed E-state index contributed by atoms with van der Waals surface area (Å²) < 4.78 is 3.61. The number of quaternary nitrogens is 1. The first-order valence-electron chi connectivity index (χ1n) is 9.11. The van der Waals surface area contributed by atoms with E-state index in [1.807, 2.05) is 4.40 Å². The Kier molecular flexibility index (Phi) is 3.91. The molecule has 7 heteroatoms. The van der Waals surface area contributed by atoms with Gasteiger partial charge in [0.25, 0.3) is 5.56 Å². The highest BCUT2D eigenvalue weighted by Crippen LogP contribution is 2.30. The van der Waals surface area contributed by atoms with Gasteiger partial charge in [0.1, 0.15) is 24.2 Å². The van der Waals surface area contributed by atoms with Crippen molar-refractivity contribution < 1.29 is 4.90 Å². The van der Waals surface area contributed by atoms with Crippen molar-refractivity contribution in [1.29, 1.82) is 0 Å². The van der Waals surface area contributed by atoms with Crippen LogP contribution in [0.4, 0.5) is 0 Å². The third-order valence-corrected chi connectivity index (χ3v) is 6.50. The lowest BCUT2D eigenvalue weighted by Crippen LogP contribution is -3.10. The van der Waals surface area contributed by atoms with Gasteiger partial charge in [-0.2, -0.15) is 0 Å². The van der Waals surface area contributed by atoms with Gasteiger partial charge in [-0.3, -0.25) is 13.8 Å². The summed E-state index contributed by atoms with van der Waals surface area (Å²) in [6.45, 7) is 7.21. The maximum Gasteiger partial charge on any atom is 0.264 e. The molecule has 0 saturated carbocycles. The largest absolute Gasteiger partial charge is 0.326 e. The van der Waals surface area contributed by atoms with Crippen LogP contribution in [0.3, 0.4) is 0 Å². The van der Waals surface area contributed by atoms with Crippen molar-refractivity contribution in [2.75, 3.05) is 6.54 Å². The molecule has 0 bridgehead atoms. The molecule has 5 rings (SSSR count). The first kappa shape index (κ1) is 16.4. The van der Waals surface area contributed by atoms with Crippen LogP contribution in [-0.4, -0.2) is 25.7 Å². The molecule has 1 N–H and O–H groups in total. The van der Waals surface area contributed by atoms with Gasteiger partial charge in [-0.05, 0) is 5.56 Å². The highest BCUT2D eigenvalue weighted by Gasteiger charge is 2.27. The minimum Gasteiger partial charge on any atom is -0.326 e. The molecule has 0 spiro atoms. The number of nitrogens with zero attached hydrogens (tertiary/aromatic N) is 4. The molecular weight excluding hydrogens is 358 g/mol. The predicted molar refractivity (Wildman–Crippen MR) is 106 cm³/mol. The minimum atomic E-state index is 0.0226. The van der Waals surface area contributed by atoms with E-state index in [-0.39, 0.29) is 5.56 Å². The van der Waals surface area contributed by atoms with Crippen LogP contribution in [0, 0.1) is 0 Å². The molecule has 27 heavy (non-hydrogen) atoms. The number of benzene rings is 1. The Hall–Kier alpha value is -2.77. The first-order valence-corrected chi connectivity index (χ1v) is 9.93. The lowest BCUT2D eigenvalue weighted by molar-refractivity contribution is -0.929. The topological polar surface area (TPSA) is 56.6 Å². The van der Waals surface area contributed by atoms with Crippen molar-refractivity contribution in [3.05, 3.63) is 75.7 Å². The fraction of sp³-hybridized carbons (Fsp3) is 0.250. The van der Waals surface area contributed by atoms with E-state index >= 15 is 0 Å². The van der Waals surface area contributed by atoms with Crippen LogP contribution < -0.4 is 10.5 Å². The van der Waals surface area contributed by atoms with E-state index in [2.05, 4.69) is 47.1 Å². The third-order valence-electron chi connectivity index (χ3n) is 5.27. The summed E-state index contributed by atoms with van der Waals surface area (Å²) in [7, 11) is 0. The number of hydrogen-bond acceptors (Lipinski definition) is 4. The fourth-order valence-corrected chi connectivity index (χ4v) is 5.40. The SMILES string of the molecule is C=CCn1c(=O)c2c3c(sc2n2cnnc12)C[NH+](Cc1ccccc1)CC3. The maximum absolute atomic E-state index is 13.2. The Bertz CT molecular complexity index is 1200. The second-order valence-electron chi connectivity index (χ2n) is 6.98. The zero-order chi connectivity index (χ0) is 18.4. The van der Waals surface area contributed by atoms with Crippen molar-refractivity contribution in [2.24, 2.45) is 0 Å². The van der Waals surface area contributed by atoms with Crippen LogP contribution in [0.25, 0.3) is 16.0 Å². The summed E-state index contributed by atoms with van der Waals surface area (Å²) in [4.78, 5) is 17.0. The van der Waals surface area contributed by atoms with Crippen molar-refractivity contribution in [3.8, 4) is 0 Å². The first-order chi connectivity index (χ1) is 13.3. The van der Waals surface area contributed by atoms with Crippen molar-refractivity contribution >= 4 is 27.3 Å². The Morgan fingerprint density at radius 3 is 2.96 bits per heavy atom. The van der Waals surface area contributed by atoms with Gasteiger partial charge in [-0.25, -0.2) is 0 Å². The van der Waals surface area contributed by atoms with E-state index in [1.54, 1.807) is 28.3 Å². The molecule has 0 amide bonds. The molecule has 136 valence electrons. The highest BCUT2D eigenvalue weighted by atomic mass is 32.1. The molecule has 4 heterocycles. The lowest BCUT2D eigenvalue weighted by Gasteiger charge is -2.23. The molecule has 0 aliphatic carbocycles. The number of thiophene rings is 1. The third kappa shape index (κ3) is 2.62. The predicted octanol–water partition coefficient (Wildman–Crippen LogP) is 1.43. The van der Waals surface area contributed by atoms with E-state index in [1.165, 1.54) is 20.9 Å². The normalized spacial score (nSPS) is 16.7. The average Bonchev–Trinajstić information content (AvgIpc) is 3.30. The van der Waals surface area contributed by atoms with Crippen LogP contribution >= 0.6 is 11.3 Å².